The Morgan fingerprint density at radius 3 is 2.06 bits per heavy atom. The van der Waals surface area contributed by atoms with Crippen LogP contribution in [0.5, 0.6) is 0 Å². The Morgan fingerprint density at radius 1 is 1.25 bits per heavy atom. The lowest BCUT2D eigenvalue weighted by molar-refractivity contribution is -0.0557. The molecule has 0 aliphatic carbocycles. The molecule has 2 fully saturated rings. The molecule has 0 aromatic carbocycles. The van der Waals surface area contributed by atoms with Crippen LogP contribution in [0.2, 0.25) is 12.6 Å². The van der Waals surface area contributed by atoms with Gasteiger partial charge in [0.15, 0.2) is 0 Å². The van der Waals surface area contributed by atoms with Crippen LogP contribution in [0, 0.1) is 5.92 Å². The molecule has 16 heavy (non-hydrogen) atoms. The Bertz CT molecular complexity index is 173. The first kappa shape index (κ1) is 14.1. The molecular weight excluding hydrogens is 224 g/mol. The summed E-state index contributed by atoms with van der Waals surface area (Å²) < 4.78 is 20.9. The fourth-order valence-electron chi connectivity index (χ4n) is 1.12. The molecule has 0 saturated carbocycles. The first-order chi connectivity index (χ1) is 7.70. The lowest BCUT2D eigenvalue weighted by atomic mass is 10.1. The largest absolute Gasteiger partial charge is 0.398 e. The standard InChI is InChI=1S/C8H18O3Si.C3H6O/c1-4-12(3,9-2)11-7-8-5-10-6-8;1-2-4-3-1/h8H,4-7H2,1-3H3;1-3H2. The van der Waals surface area contributed by atoms with Crippen LogP contribution in [0.15, 0.2) is 0 Å². The highest BCUT2D eigenvalue weighted by Crippen LogP contribution is 2.16. The normalized spacial score (nSPS) is 23.4. The van der Waals surface area contributed by atoms with Crippen molar-refractivity contribution in [2.45, 2.75) is 25.9 Å². The van der Waals surface area contributed by atoms with Gasteiger partial charge in [-0.25, -0.2) is 0 Å². The molecule has 0 spiro atoms. The van der Waals surface area contributed by atoms with Crippen molar-refractivity contribution >= 4 is 8.56 Å². The van der Waals surface area contributed by atoms with Gasteiger partial charge in [0.25, 0.3) is 0 Å². The van der Waals surface area contributed by atoms with Crippen molar-refractivity contribution in [3.63, 3.8) is 0 Å². The molecule has 1 unspecified atom stereocenters. The molecule has 5 heteroatoms. The highest BCUT2D eigenvalue weighted by atomic mass is 28.4. The van der Waals surface area contributed by atoms with Gasteiger partial charge in [0, 0.05) is 32.8 Å². The van der Waals surface area contributed by atoms with Crippen molar-refractivity contribution in [3.8, 4) is 0 Å². The summed E-state index contributed by atoms with van der Waals surface area (Å²) in [6, 6.07) is 1.01. The molecule has 2 heterocycles. The SMILES string of the molecule is C1COC1.CC[Si](C)(OC)OCC1COC1. The minimum atomic E-state index is -1.80. The van der Waals surface area contributed by atoms with E-state index in [-0.39, 0.29) is 0 Å². The summed E-state index contributed by atoms with van der Waals surface area (Å²) in [6.07, 6.45) is 1.28. The van der Waals surface area contributed by atoms with Crippen molar-refractivity contribution in [1.29, 1.82) is 0 Å². The summed E-state index contributed by atoms with van der Waals surface area (Å²) >= 11 is 0. The molecule has 0 radical (unpaired) electrons. The Kier molecular flexibility index (Phi) is 6.53. The third-order valence-electron chi connectivity index (χ3n) is 2.98. The van der Waals surface area contributed by atoms with Gasteiger partial charge in [-0.1, -0.05) is 6.92 Å². The Labute approximate surface area is 99.5 Å². The monoisotopic (exact) mass is 248 g/mol. The Morgan fingerprint density at radius 2 is 1.81 bits per heavy atom. The molecule has 1 atom stereocenters. The second-order valence-corrected chi connectivity index (χ2v) is 8.04. The number of ether oxygens (including phenoxy) is 2. The molecule has 0 aromatic heterocycles. The molecule has 4 nitrogen and oxygen atoms in total. The van der Waals surface area contributed by atoms with Crippen molar-refractivity contribution < 1.29 is 18.3 Å². The maximum atomic E-state index is 5.77. The molecule has 2 rings (SSSR count). The Balaban J connectivity index is 0.000000267. The smallest absolute Gasteiger partial charge is 0.334 e. The van der Waals surface area contributed by atoms with Gasteiger partial charge in [0.1, 0.15) is 0 Å². The third kappa shape index (κ3) is 4.93. The van der Waals surface area contributed by atoms with Gasteiger partial charge in [-0.3, -0.25) is 0 Å². The van der Waals surface area contributed by atoms with E-state index in [0.717, 1.165) is 39.1 Å². The molecule has 2 aliphatic heterocycles. The van der Waals surface area contributed by atoms with E-state index in [4.69, 9.17) is 18.3 Å². The van der Waals surface area contributed by atoms with Crippen molar-refractivity contribution in [1.82, 2.24) is 0 Å². The summed E-state index contributed by atoms with van der Waals surface area (Å²) in [7, 11) is -0.0550. The van der Waals surface area contributed by atoms with Crippen LogP contribution in [-0.4, -0.2) is 48.7 Å². The predicted octanol–water partition coefficient (Wildman–Crippen LogP) is 1.79. The van der Waals surface area contributed by atoms with Crippen LogP contribution < -0.4 is 0 Å². The first-order valence-electron chi connectivity index (χ1n) is 6.05. The number of hydrogen-bond donors (Lipinski definition) is 0. The van der Waals surface area contributed by atoms with Crippen molar-refractivity contribution in [3.05, 3.63) is 0 Å². The quantitative estimate of drug-likeness (QED) is 0.695. The van der Waals surface area contributed by atoms with Crippen molar-refractivity contribution in [2.24, 2.45) is 5.92 Å². The van der Waals surface area contributed by atoms with Crippen LogP contribution in [-0.2, 0) is 18.3 Å². The maximum Gasteiger partial charge on any atom is 0.334 e. The number of hydrogen-bond acceptors (Lipinski definition) is 4. The van der Waals surface area contributed by atoms with Crippen LogP contribution in [0.1, 0.15) is 13.3 Å². The zero-order valence-corrected chi connectivity index (χ0v) is 11.7. The zero-order chi connectivity index (χ0) is 11.9. The van der Waals surface area contributed by atoms with E-state index >= 15 is 0 Å². The van der Waals surface area contributed by atoms with Crippen LogP contribution in [0.4, 0.5) is 0 Å². The van der Waals surface area contributed by atoms with Gasteiger partial charge in [-0.2, -0.15) is 0 Å². The van der Waals surface area contributed by atoms with E-state index in [1.54, 1.807) is 7.11 Å². The molecule has 0 bridgehead atoms. The van der Waals surface area contributed by atoms with E-state index in [2.05, 4.69) is 13.5 Å². The molecule has 0 N–H and O–H groups in total. The summed E-state index contributed by atoms with van der Waals surface area (Å²) in [6.45, 7) is 8.75. The highest BCUT2D eigenvalue weighted by molar-refractivity contribution is 6.65. The van der Waals surface area contributed by atoms with Gasteiger partial charge < -0.3 is 18.3 Å². The minimum Gasteiger partial charge on any atom is -0.398 e. The van der Waals surface area contributed by atoms with Crippen LogP contribution in [0.3, 0.4) is 0 Å². The molecule has 96 valence electrons. The molecule has 2 aliphatic rings. The summed E-state index contributed by atoms with van der Waals surface area (Å²) in [4.78, 5) is 0. The van der Waals surface area contributed by atoms with E-state index in [0.29, 0.717) is 5.92 Å². The maximum absolute atomic E-state index is 5.77. The van der Waals surface area contributed by atoms with E-state index in [9.17, 15) is 0 Å². The molecule has 0 amide bonds. The minimum absolute atomic E-state index is 0.610. The fourth-order valence-corrected chi connectivity index (χ4v) is 2.32. The topological polar surface area (TPSA) is 36.9 Å². The third-order valence-corrected chi connectivity index (χ3v) is 5.91. The van der Waals surface area contributed by atoms with E-state index in [1.807, 2.05) is 0 Å². The second-order valence-electron chi connectivity index (χ2n) is 4.37. The van der Waals surface area contributed by atoms with Crippen LogP contribution >= 0.6 is 0 Å². The highest BCUT2D eigenvalue weighted by Gasteiger charge is 2.30. The summed E-state index contributed by atoms with van der Waals surface area (Å²) in [5.74, 6) is 0.610. The summed E-state index contributed by atoms with van der Waals surface area (Å²) in [5, 5.41) is 0. The Hall–Kier alpha value is 0.0569. The van der Waals surface area contributed by atoms with Gasteiger partial charge in [0.05, 0.1) is 13.2 Å². The number of rotatable bonds is 5. The van der Waals surface area contributed by atoms with E-state index in [1.165, 1.54) is 6.42 Å². The fraction of sp³-hybridized carbons (Fsp3) is 1.00. The van der Waals surface area contributed by atoms with Gasteiger partial charge >= 0.3 is 8.56 Å². The van der Waals surface area contributed by atoms with Crippen molar-refractivity contribution in [2.75, 3.05) is 40.1 Å². The zero-order valence-electron chi connectivity index (χ0n) is 10.7. The van der Waals surface area contributed by atoms with Gasteiger partial charge in [-0.15, -0.1) is 0 Å². The molecular formula is C11H24O4Si. The first-order valence-corrected chi connectivity index (χ1v) is 8.57. The second kappa shape index (κ2) is 7.40. The van der Waals surface area contributed by atoms with Crippen LogP contribution in [0.25, 0.3) is 0 Å². The van der Waals surface area contributed by atoms with Gasteiger partial charge in [-0.05, 0) is 19.0 Å². The molecule has 2 saturated heterocycles. The summed E-state index contributed by atoms with van der Waals surface area (Å²) in [5.41, 5.74) is 0. The average Bonchev–Trinajstić information content (AvgIpc) is 2.12. The lowest BCUT2D eigenvalue weighted by Gasteiger charge is -2.30. The predicted molar refractivity (Wildman–Crippen MR) is 64.8 cm³/mol. The lowest BCUT2D eigenvalue weighted by Crippen LogP contribution is -2.41. The average molecular weight is 248 g/mol. The van der Waals surface area contributed by atoms with E-state index < -0.39 is 8.56 Å². The van der Waals surface area contributed by atoms with Gasteiger partial charge in [0.2, 0.25) is 0 Å². The molecule has 0 aromatic rings.